The zero-order valence-electron chi connectivity index (χ0n) is 13.7. The second kappa shape index (κ2) is 7.68. The van der Waals surface area contributed by atoms with Crippen molar-refractivity contribution < 1.29 is 9.59 Å². The molecule has 0 saturated heterocycles. The highest BCUT2D eigenvalue weighted by atomic mass is 16.2. The minimum Gasteiger partial charge on any atom is -0.299 e. The molecule has 118 valence electrons. The summed E-state index contributed by atoms with van der Waals surface area (Å²) < 4.78 is 0. The van der Waals surface area contributed by atoms with Crippen molar-refractivity contribution in [3.8, 4) is 0 Å². The van der Waals surface area contributed by atoms with Gasteiger partial charge in [-0.25, -0.2) is 0 Å². The van der Waals surface area contributed by atoms with Crippen LogP contribution in [-0.4, -0.2) is 11.6 Å². The van der Waals surface area contributed by atoms with Crippen LogP contribution in [0.5, 0.6) is 0 Å². The predicted octanol–water partition coefficient (Wildman–Crippen LogP) is 4.50. The van der Waals surface area contributed by atoms with Crippen LogP contribution in [0.1, 0.15) is 31.4 Å². The standard InChI is InChI=1S/C21H22O2/c1-21(2,19(22)15-13-17-9-5-3-6-10-17)20(23)16-14-18-11-7-4-8-12-18/h3-13,15H,14,16H2,1-2H3/b15-13+. The van der Waals surface area contributed by atoms with Crippen LogP contribution in [0.4, 0.5) is 0 Å². The molecule has 23 heavy (non-hydrogen) atoms. The summed E-state index contributed by atoms with van der Waals surface area (Å²) in [6.45, 7) is 3.41. The molecule has 0 radical (unpaired) electrons. The van der Waals surface area contributed by atoms with Gasteiger partial charge in [-0.2, -0.15) is 0 Å². The lowest BCUT2D eigenvalue weighted by atomic mass is 9.80. The molecule has 2 rings (SSSR count). The van der Waals surface area contributed by atoms with E-state index in [1.54, 1.807) is 19.9 Å². The van der Waals surface area contributed by atoms with Crippen molar-refractivity contribution in [2.24, 2.45) is 5.41 Å². The van der Waals surface area contributed by atoms with Gasteiger partial charge in [0.2, 0.25) is 0 Å². The predicted molar refractivity (Wildman–Crippen MR) is 94.0 cm³/mol. The highest BCUT2D eigenvalue weighted by Crippen LogP contribution is 2.22. The fraction of sp³-hybridized carbons (Fsp3) is 0.238. The molecule has 0 fully saturated rings. The van der Waals surface area contributed by atoms with E-state index in [2.05, 4.69) is 0 Å². The molecule has 0 aliphatic rings. The van der Waals surface area contributed by atoms with E-state index in [0.717, 1.165) is 11.1 Å². The van der Waals surface area contributed by atoms with E-state index in [-0.39, 0.29) is 11.6 Å². The third-order valence-corrected chi connectivity index (χ3v) is 4.02. The molecule has 0 saturated carbocycles. The van der Waals surface area contributed by atoms with Gasteiger partial charge in [-0.15, -0.1) is 0 Å². The minimum atomic E-state index is -0.986. The maximum absolute atomic E-state index is 12.4. The molecule has 2 nitrogen and oxygen atoms in total. The van der Waals surface area contributed by atoms with Gasteiger partial charge in [0.25, 0.3) is 0 Å². The number of aryl methyl sites for hydroxylation is 1. The summed E-state index contributed by atoms with van der Waals surface area (Å²) in [5.74, 6) is -0.177. The molecule has 0 N–H and O–H groups in total. The largest absolute Gasteiger partial charge is 0.299 e. The molecule has 0 amide bonds. The van der Waals surface area contributed by atoms with E-state index in [1.165, 1.54) is 6.08 Å². The number of ketones is 2. The Morgan fingerprint density at radius 2 is 1.48 bits per heavy atom. The van der Waals surface area contributed by atoms with Crippen molar-refractivity contribution in [2.75, 3.05) is 0 Å². The summed E-state index contributed by atoms with van der Waals surface area (Å²) in [4.78, 5) is 24.8. The van der Waals surface area contributed by atoms with E-state index in [4.69, 9.17) is 0 Å². The molecule has 2 aromatic rings. The Labute approximate surface area is 137 Å². The molecule has 0 atom stereocenters. The number of hydrogen-bond acceptors (Lipinski definition) is 2. The molecule has 0 aliphatic heterocycles. The van der Waals surface area contributed by atoms with Gasteiger partial charge in [0.05, 0.1) is 5.41 Å². The first-order valence-electron chi connectivity index (χ1n) is 7.85. The lowest BCUT2D eigenvalue weighted by Gasteiger charge is -2.19. The van der Waals surface area contributed by atoms with E-state index in [0.29, 0.717) is 12.8 Å². The maximum atomic E-state index is 12.4. The monoisotopic (exact) mass is 306 g/mol. The van der Waals surface area contributed by atoms with Crippen molar-refractivity contribution in [3.63, 3.8) is 0 Å². The van der Waals surface area contributed by atoms with Gasteiger partial charge >= 0.3 is 0 Å². The summed E-state index contributed by atoms with van der Waals surface area (Å²) in [6, 6.07) is 19.5. The Kier molecular flexibility index (Phi) is 5.64. The third-order valence-electron chi connectivity index (χ3n) is 4.02. The van der Waals surface area contributed by atoms with E-state index < -0.39 is 5.41 Å². The topological polar surface area (TPSA) is 34.1 Å². The van der Waals surface area contributed by atoms with Crippen molar-refractivity contribution >= 4 is 17.6 Å². The Morgan fingerprint density at radius 3 is 2.09 bits per heavy atom. The van der Waals surface area contributed by atoms with Crippen LogP contribution >= 0.6 is 0 Å². The second-order valence-electron chi connectivity index (χ2n) is 6.14. The maximum Gasteiger partial charge on any atom is 0.168 e. The molecule has 0 aromatic heterocycles. The fourth-order valence-electron chi connectivity index (χ4n) is 2.30. The van der Waals surface area contributed by atoms with Gasteiger partial charge in [0.1, 0.15) is 5.78 Å². The van der Waals surface area contributed by atoms with Gasteiger partial charge in [-0.1, -0.05) is 66.7 Å². The molecule has 2 aromatic carbocycles. The summed E-state index contributed by atoms with van der Waals surface area (Å²) >= 11 is 0. The van der Waals surface area contributed by atoms with E-state index in [1.807, 2.05) is 60.7 Å². The smallest absolute Gasteiger partial charge is 0.168 e. The number of carbonyl (C=O) groups is 2. The minimum absolute atomic E-state index is 0.0240. The van der Waals surface area contributed by atoms with Gasteiger partial charge < -0.3 is 0 Å². The van der Waals surface area contributed by atoms with Crippen molar-refractivity contribution in [2.45, 2.75) is 26.7 Å². The molecular formula is C21H22O2. The van der Waals surface area contributed by atoms with Crippen LogP contribution in [0, 0.1) is 5.41 Å². The number of allylic oxidation sites excluding steroid dienone is 1. The summed E-state index contributed by atoms with van der Waals surface area (Å²) in [5.41, 5.74) is 1.08. The van der Waals surface area contributed by atoms with Gasteiger partial charge in [-0.3, -0.25) is 9.59 Å². The molecule has 0 bridgehead atoms. The normalized spacial score (nSPS) is 11.6. The van der Waals surface area contributed by atoms with Crippen LogP contribution in [-0.2, 0) is 16.0 Å². The molecule has 0 unspecified atom stereocenters. The Balaban J connectivity index is 1.97. The Bertz CT molecular complexity index is 682. The molecule has 0 aliphatic carbocycles. The second-order valence-corrected chi connectivity index (χ2v) is 6.14. The lowest BCUT2D eigenvalue weighted by Crippen LogP contribution is -2.32. The number of benzene rings is 2. The number of hydrogen-bond donors (Lipinski definition) is 0. The zero-order chi connectivity index (χ0) is 16.7. The summed E-state index contributed by atoms with van der Waals surface area (Å²) in [6.07, 6.45) is 4.31. The van der Waals surface area contributed by atoms with Crippen molar-refractivity contribution in [3.05, 3.63) is 77.9 Å². The number of Topliss-reactive ketones (excluding diaryl/α,β-unsaturated/α-hetero) is 1. The first kappa shape index (κ1) is 16.9. The summed E-state index contributed by atoms with van der Waals surface area (Å²) in [5, 5.41) is 0. The van der Waals surface area contributed by atoms with E-state index >= 15 is 0 Å². The Hall–Kier alpha value is -2.48. The zero-order valence-corrected chi connectivity index (χ0v) is 13.7. The van der Waals surface area contributed by atoms with Crippen LogP contribution in [0.2, 0.25) is 0 Å². The van der Waals surface area contributed by atoms with Crippen LogP contribution in [0.25, 0.3) is 6.08 Å². The molecular weight excluding hydrogens is 284 g/mol. The first-order valence-corrected chi connectivity index (χ1v) is 7.85. The van der Waals surface area contributed by atoms with Crippen LogP contribution in [0.3, 0.4) is 0 Å². The number of rotatable bonds is 7. The highest BCUT2D eigenvalue weighted by Gasteiger charge is 2.33. The average molecular weight is 306 g/mol. The lowest BCUT2D eigenvalue weighted by molar-refractivity contribution is -0.135. The average Bonchev–Trinajstić information content (AvgIpc) is 2.59. The quantitative estimate of drug-likeness (QED) is 0.557. The van der Waals surface area contributed by atoms with Crippen molar-refractivity contribution in [1.29, 1.82) is 0 Å². The Morgan fingerprint density at radius 1 is 0.913 bits per heavy atom. The summed E-state index contributed by atoms with van der Waals surface area (Å²) in [7, 11) is 0. The van der Waals surface area contributed by atoms with Crippen LogP contribution in [0.15, 0.2) is 66.7 Å². The van der Waals surface area contributed by atoms with Gasteiger partial charge in [0.15, 0.2) is 5.78 Å². The number of carbonyl (C=O) groups excluding carboxylic acids is 2. The highest BCUT2D eigenvalue weighted by molar-refractivity contribution is 6.12. The molecule has 2 heteroatoms. The van der Waals surface area contributed by atoms with Gasteiger partial charge in [0, 0.05) is 6.42 Å². The first-order chi connectivity index (χ1) is 11.0. The molecule has 0 heterocycles. The molecule has 0 spiro atoms. The SMILES string of the molecule is CC(C)(C(=O)/C=C/c1ccccc1)C(=O)CCc1ccccc1. The van der Waals surface area contributed by atoms with Crippen molar-refractivity contribution in [1.82, 2.24) is 0 Å². The fourth-order valence-corrected chi connectivity index (χ4v) is 2.30. The third kappa shape index (κ3) is 4.75. The van der Waals surface area contributed by atoms with E-state index in [9.17, 15) is 9.59 Å². The van der Waals surface area contributed by atoms with Gasteiger partial charge in [-0.05, 0) is 37.5 Å². The van der Waals surface area contributed by atoms with Crippen LogP contribution < -0.4 is 0 Å².